The number of rotatable bonds is 2. The maximum absolute atomic E-state index is 5.22. The molecule has 14 heavy (non-hydrogen) atoms. The summed E-state index contributed by atoms with van der Waals surface area (Å²) in [7, 11) is 1.72. The van der Waals surface area contributed by atoms with Gasteiger partial charge in [0, 0.05) is 12.6 Å². The van der Waals surface area contributed by atoms with E-state index in [1.807, 2.05) is 6.07 Å². The van der Waals surface area contributed by atoms with Crippen LogP contribution in [0.4, 0.5) is 0 Å². The molecule has 1 fully saturated rings. The van der Waals surface area contributed by atoms with Crippen LogP contribution in [0.25, 0.3) is 0 Å². The van der Waals surface area contributed by atoms with E-state index in [-0.39, 0.29) is 0 Å². The number of benzene rings is 1. The monoisotopic (exact) mass is 191 g/mol. The third-order valence-corrected chi connectivity index (χ3v) is 2.92. The van der Waals surface area contributed by atoms with E-state index in [0.29, 0.717) is 12.0 Å². The molecule has 0 saturated carbocycles. The molecule has 2 atom stereocenters. The third-order valence-electron chi connectivity index (χ3n) is 2.92. The summed E-state index contributed by atoms with van der Waals surface area (Å²) in [5, 5.41) is 3.46. The zero-order valence-corrected chi connectivity index (χ0v) is 8.79. The number of hydrogen-bond donors (Lipinski definition) is 1. The van der Waals surface area contributed by atoms with Crippen molar-refractivity contribution in [2.75, 3.05) is 13.7 Å². The van der Waals surface area contributed by atoms with E-state index in [0.717, 1.165) is 12.3 Å². The van der Waals surface area contributed by atoms with Gasteiger partial charge < -0.3 is 10.1 Å². The number of methoxy groups -OCH3 is 1. The smallest absolute Gasteiger partial charge is 0.119 e. The van der Waals surface area contributed by atoms with Gasteiger partial charge in [0.25, 0.3) is 0 Å². The molecule has 1 heterocycles. The van der Waals surface area contributed by atoms with E-state index >= 15 is 0 Å². The van der Waals surface area contributed by atoms with E-state index in [4.69, 9.17) is 4.74 Å². The first-order chi connectivity index (χ1) is 6.79. The summed E-state index contributed by atoms with van der Waals surface area (Å²) in [4.78, 5) is 0. The molecule has 0 aromatic heterocycles. The second-order valence-electron chi connectivity index (χ2n) is 4.02. The van der Waals surface area contributed by atoms with Crippen molar-refractivity contribution < 1.29 is 4.74 Å². The van der Waals surface area contributed by atoms with Crippen LogP contribution in [-0.2, 0) is 0 Å². The van der Waals surface area contributed by atoms with Crippen molar-refractivity contribution in [1.29, 1.82) is 0 Å². The van der Waals surface area contributed by atoms with Crippen LogP contribution in [0.5, 0.6) is 5.75 Å². The normalized spacial score (nSPS) is 26.4. The quantitative estimate of drug-likeness (QED) is 0.773. The van der Waals surface area contributed by atoms with Gasteiger partial charge in [-0.15, -0.1) is 0 Å². The number of ether oxygens (including phenoxy) is 1. The summed E-state index contributed by atoms with van der Waals surface area (Å²) in [5.41, 5.74) is 1.39. The van der Waals surface area contributed by atoms with Crippen LogP contribution in [0.2, 0.25) is 0 Å². The van der Waals surface area contributed by atoms with Gasteiger partial charge in [-0.3, -0.25) is 0 Å². The van der Waals surface area contributed by atoms with Crippen molar-refractivity contribution in [3.63, 3.8) is 0 Å². The van der Waals surface area contributed by atoms with E-state index in [1.54, 1.807) is 7.11 Å². The molecule has 0 unspecified atom stereocenters. The molecule has 0 spiro atoms. The molecule has 2 heteroatoms. The van der Waals surface area contributed by atoms with Crippen LogP contribution in [0.1, 0.15) is 24.8 Å². The Morgan fingerprint density at radius 2 is 2.29 bits per heavy atom. The minimum absolute atomic E-state index is 0.645. The predicted octanol–water partition coefficient (Wildman–Crippen LogP) is 2.16. The Bertz CT molecular complexity index is 311. The van der Waals surface area contributed by atoms with Gasteiger partial charge in [0.15, 0.2) is 0 Å². The molecule has 1 saturated heterocycles. The van der Waals surface area contributed by atoms with E-state index in [1.165, 1.54) is 12.0 Å². The highest BCUT2D eigenvalue weighted by Crippen LogP contribution is 2.27. The molecule has 1 aliphatic heterocycles. The topological polar surface area (TPSA) is 21.3 Å². The van der Waals surface area contributed by atoms with Gasteiger partial charge in [-0.1, -0.05) is 12.1 Å². The summed E-state index contributed by atoms with van der Waals surface area (Å²) in [6, 6.07) is 9.04. The third kappa shape index (κ3) is 1.90. The number of nitrogens with one attached hydrogen (secondary N) is 1. The van der Waals surface area contributed by atoms with Crippen molar-refractivity contribution in [3.8, 4) is 5.75 Å². The van der Waals surface area contributed by atoms with Crippen molar-refractivity contribution in [2.24, 2.45) is 0 Å². The highest BCUT2D eigenvalue weighted by atomic mass is 16.5. The zero-order chi connectivity index (χ0) is 9.97. The molecule has 1 aliphatic rings. The summed E-state index contributed by atoms with van der Waals surface area (Å²) < 4.78 is 5.22. The summed E-state index contributed by atoms with van der Waals surface area (Å²) >= 11 is 0. The second kappa shape index (κ2) is 4.01. The van der Waals surface area contributed by atoms with Crippen LogP contribution in [0, 0.1) is 0 Å². The lowest BCUT2D eigenvalue weighted by Gasteiger charge is -2.10. The Labute approximate surface area is 85.3 Å². The average molecular weight is 191 g/mol. The molecular formula is C12H17NO. The minimum Gasteiger partial charge on any atom is -0.497 e. The molecule has 76 valence electrons. The van der Waals surface area contributed by atoms with Gasteiger partial charge in [-0.2, -0.15) is 0 Å². The van der Waals surface area contributed by atoms with Crippen molar-refractivity contribution in [1.82, 2.24) is 5.32 Å². The van der Waals surface area contributed by atoms with Crippen LogP contribution in [0.15, 0.2) is 24.3 Å². The molecule has 0 amide bonds. The van der Waals surface area contributed by atoms with Crippen LogP contribution < -0.4 is 10.1 Å². The summed E-state index contributed by atoms with van der Waals surface area (Å²) in [5.74, 6) is 1.61. The molecule has 0 radical (unpaired) electrons. The molecule has 0 aliphatic carbocycles. The molecular weight excluding hydrogens is 174 g/mol. The fourth-order valence-electron chi connectivity index (χ4n) is 2.09. The minimum atomic E-state index is 0.645. The van der Waals surface area contributed by atoms with Gasteiger partial charge in [-0.25, -0.2) is 0 Å². The lowest BCUT2D eigenvalue weighted by molar-refractivity contribution is 0.414. The fraction of sp³-hybridized carbons (Fsp3) is 0.500. The number of hydrogen-bond acceptors (Lipinski definition) is 2. The Kier molecular flexibility index (Phi) is 2.73. The second-order valence-corrected chi connectivity index (χ2v) is 4.02. The van der Waals surface area contributed by atoms with Gasteiger partial charge >= 0.3 is 0 Å². The Hall–Kier alpha value is -1.02. The highest BCUT2D eigenvalue weighted by Gasteiger charge is 2.21. The molecule has 2 rings (SSSR count). The molecule has 1 N–H and O–H groups in total. The van der Waals surface area contributed by atoms with Crippen molar-refractivity contribution in [2.45, 2.75) is 25.3 Å². The first-order valence-corrected chi connectivity index (χ1v) is 5.17. The predicted molar refractivity (Wildman–Crippen MR) is 57.8 cm³/mol. The van der Waals surface area contributed by atoms with Crippen molar-refractivity contribution >= 4 is 0 Å². The average Bonchev–Trinajstić information content (AvgIpc) is 2.65. The van der Waals surface area contributed by atoms with Crippen LogP contribution in [-0.4, -0.2) is 19.7 Å². The van der Waals surface area contributed by atoms with Crippen LogP contribution in [0.3, 0.4) is 0 Å². The molecule has 0 bridgehead atoms. The molecule has 2 nitrogen and oxygen atoms in total. The first-order valence-electron chi connectivity index (χ1n) is 5.17. The molecule has 1 aromatic rings. The standard InChI is InChI=1S/C12H17NO/c1-9-6-11(8-13-9)10-4-3-5-12(7-10)14-2/h3-5,7,9,11,13H,6,8H2,1-2H3/t9-,11-/m0/s1. The Morgan fingerprint density at radius 3 is 2.93 bits per heavy atom. The van der Waals surface area contributed by atoms with Gasteiger partial charge in [0.2, 0.25) is 0 Å². The van der Waals surface area contributed by atoms with Gasteiger partial charge in [0.05, 0.1) is 7.11 Å². The lowest BCUT2D eigenvalue weighted by Crippen LogP contribution is -2.16. The zero-order valence-electron chi connectivity index (χ0n) is 8.79. The largest absolute Gasteiger partial charge is 0.497 e. The van der Waals surface area contributed by atoms with Gasteiger partial charge in [-0.05, 0) is 37.0 Å². The van der Waals surface area contributed by atoms with E-state index in [2.05, 4.69) is 30.4 Å². The first kappa shape index (κ1) is 9.53. The summed E-state index contributed by atoms with van der Waals surface area (Å²) in [6.07, 6.45) is 1.23. The fourth-order valence-corrected chi connectivity index (χ4v) is 2.09. The summed E-state index contributed by atoms with van der Waals surface area (Å²) in [6.45, 7) is 3.33. The van der Waals surface area contributed by atoms with Crippen LogP contribution >= 0.6 is 0 Å². The maximum atomic E-state index is 5.22. The lowest BCUT2D eigenvalue weighted by atomic mass is 9.96. The molecule has 1 aromatic carbocycles. The SMILES string of the molecule is COc1cccc([C@@H]2CN[C@@H](C)C2)c1. The maximum Gasteiger partial charge on any atom is 0.119 e. The van der Waals surface area contributed by atoms with E-state index < -0.39 is 0 Å². The van der Waals surface area contributed by atoms with Gasteiger partial charge in [0.1, 0.15) is 5.75 Å². The van der Waals surface area contributed by atoms with Crippen molar-refractivity contribution in [3.05, 3.63) is 29.8 Å². The Morgan fingerprint density at radius 1 is 1.43 bits per heavy atom. The Balaban J connectivity index is 2.15. The van der Waals surface area contributed by atoms with E-state index in [9.17, 15) is 0 Å². The highest BCUT2D eigenvalue weighted by molar-refractivity contribution is 5.31.